The molecule has 0 saturated heterocycles. The minimum absolute atomic E-state index is 0.952. The van der Waals surface area contributed by atoms with E-state index in [9.17, 15) is 0 Å². The van der Waals surface area contributed by atoms with Crippen LogP contribution in [-0.2, 0) is 0 Å². The summed E-state index contributed by atoms with van der Waals surface area (Å²) in [6, 6.07) is 49.1. The lowest BCUT2D eigenvalue weighted by Crippen LogP contribution is -1.92. The number of hydrogen-bond donors (Lipinski definition) is 0. The Morgan fingerprint density at radius 1 is 0.439 bits per heavy atom. The maximum atomic E-state index is 5.17. The molecule has 3 heterocycles. The van der Waals surface area contributed by atoms with E-state index in [1.165, 1.54) is 33.0 Å². The predicted molar refractivity (Wildman–Crippen MR) is 170 cm³/mol. The van der Waals surface area contributed by atoms with Crippen molar-refractivity contribution in [3.05, 3.63) is 152 Å². The summed E-state index contributed by atoms with van der Waals surface area (Å²) in [7, 11) is 0. The molecular weight excluding hydrogens is 498 g/mol. The quantitative estimate of drug-likeness (QED) is 0.215. The fraction of sp³-hybridized carbons (Fsp3) is 0. The highest BCUT2D eigenvalue weighted by Crippen LogP contribution is 2.38. The molecule has 0 amide bonds. The van der Waals surface area contributed by atoms with Crippen LogP contribution in [0.3, 0.4) is 0 Å². The monoisotopic (exact) mass is 523 g/mol. The molecule has 8 aromatic rings. The Labute approximate surface area is 238 Å². The second-order valence-corrected chi connectivity index (χ2v) is 10.3. The molecule has 8 rings (SSSR count). The van der Waals surface area contributed by atoms with Gasteiger partial charge < -0.3 is 4.40 Å². The highest BCUT2D eigenvalue weighted by molar-refractivity contribution is 6.17. The van der Waals surface area contributed by atoms with Crippen LogP contribution in [0, 0.1) is 0 Å². The number of fused-ring (bicyclic) bond motifs is 4. The molecule has 0 N–H and O–H groups in total. The lowest BCUT2D eigenvalue weighted by atomic mass is 9.92. The van der Waals surface area contributed by atoms with E-state index < -0.39 is 0 Å². The zero-order chi connectivity index (χ0) is 27.2. The van der Waals surface area contributed by atoms with Crippen molar-refractivity contribution in [1.29, 1.82) is 0 Å². The number of para-hydroxylation sites is 1. The van der Waals surface area contributed by atoms with E-state index in [1.54, 1.807) is 0 Å². The SMILES string of the molecule is c1ccc(-c2cccc3c(-c4ccc(-c5ccc(-c6cn7ccccc7n6)cc5)cc4)nc4ccccc4c23)cc1. The van der Waals surface area contributed by atoms with Gasteiger partial charge in [-0.3, -0.25) is 0 Å². The van der Waals surface area contributed by atoms with E-state index in [2.05, 4.69) is 132 Å². The first-order chi connectivity index (χ1) is 20.3. The van der Waals surface area contributed by atoms with Gasteiger partial charge in [-0.2, -0.15) is 0 Å². The van der Waals surface area contributed by atoms with E-state index in [-0.39, 0.29) is 0 Å². The molecule has 0 aliphatic heterocycles. The standard InChI is InChI=1S/C38H25N3/c1-2-9-28(10-3-1)31-12-8-13-33-37(31)32-11-4-5-14-34(32)40-38(33)30-22-18-27(19-23-30)26-16-20-29(21-17-26)35-25-41-24-7-6-15-36(41)39-35/h1-25H. The summed E-state index contributed by atoms with van der Waals surface area (Å²) in [6.45, 7) is 0. The summed E-state index contributed by atoms with van der Waals surface area (Å²) in [5.74, 6) is 0. The lowest BCUT2D eigenvalue weighted by Gasteiger charge is -2.14. The van der Waals surface area contributed by atoms with Gasteiger partial charge in [-0.25, -0.2) is 9.97 Å². The largest absolute Gasteiger partial charge is 0.306 e. The van der Waals surface area contributed by atoms with E-state index in [4.69, 9.17) is 9.97 Å². The van der Waals surface area contributed by atoms with Gasteiger partial charge in [0.05, 0.1) is 16.9 Å². The number of benzene rings is 5. The van der Waals surface area contributed by atoms with Gasteiger partial charge in [-0.05, 0) is 40.5 Å². The fourth-order valence-corrected chi connectivity index (χ4v) is 5.81. The topological polar surface area (TPSA) is 30.2 Å². The molecule has 0 atom stereocenters. The lowest BCUT2D eigenvalue weighted by molar-refractivity contribution is 1.19. The number of rotatable bonds is 4. The van der Waals surface area contributed by atoms with Crippen molar-refractivity contribution >= 4 is 27.3 Å². The van der Waals surface area contributed by atoms with Gasteiger partial charge in [0.15, 0.2) is 0 Å². The van der Waals surface area contributed by atoms with Crippen molar-refractivity contribution in [1.82, 2.24) is 14.4 Å². The molecule has 5 aromatic carbocycles. The van der Waals surface area contributed by atoms with Gasteiger partial charge in [0, 0.05) is 39.7 Å². The molecule has 3 heteroatoms. The summed E-state index contributed by atoms with van der Waals surface area (Å²) in [5.41, 5.74) is 10.9. The van der Waals surface area contributed by atoms with E-state index >= 15 is 0 Å². The third-order valence-corrected chi connectivity index (χ3v) is 7.85. The van der Waals surface area contributed by atoms with Crippen LogP contribution >= 0.6 is 0 Å². The van der Waals surface area contributed by atoms with Crippen molar-refractivity contribution in [2.24, 2.45) is 0 Å². The second-order valence-electron chi connectivity index (χ2n) is 10.3. The minimum Gasteiger partial charge on any atom is -0.306 e. The van der Waals surface area contributed by atoms with Crippen LogP contribution in [0.2, 0.25) is 0 Å². The summed E-state index contributed by atoms with van der Waals surface area (Å²) in [5, 5.41) is 3.58. The molecule has 3 nitrogen and oxygen atoms in total. The zero-order valence-corrected chi connectivity index (χ0v) is 22.3. The first-order valence-corrected chi connectivity index (χ1v) is 13.8. The Morgan fingerprint density at radius 3 is 1.88 bits per heavy atom. The molecular formula is C38H25N3. The van der Waals surface area contributed by atoms with Gasteiger partial charge >= 0.3 is 0 Å². The smallest absolute Gasteiger partial charge is 0.137 e. The molecule has 0 fully saturated rings. The highest BCUT2D eigenvalue weighted by atomic mass is 15.0. The first kappa shape index (κ1) is 23.4. The number of imidazole rings is 1. The average molecular weight is 524 g/mol. The van der Waals surface area contributed by atoms with E-state index in [1.807, 2.05) is 24.4 Å². The average Bonchev–Trinajstić information content (AvgIpc) is 3.49. The van der Waals surface area contributed by atoms with Crippen molar-refractivity contribution in [2.45, 2.75) is 0 Å². The summed E-state index contributed by atoms with van der Waals surface area (Å²) in [4.78, 5) is 9.92. The van der Waals surface area contributed by atoms with Crippen LogP contribution in [-0.4, -0.2) is 14.4 Å². The fourth-order valence-electron chi connectivity index (χ4n) is 5.81. The zero-order valence-electron chi connectivity index (χ0n) is 22.3. The molecule has 0 saturated carbocycles. The van der Waals surface area contributed by atoms with Gasteiger partial charge in [-0.15, -0.1) is 0 Å². The third kappa shape index (κ3) is 4.07. The second kappa shape index (κ2) is 9.58. The van der Waals surface area contributed by atoms with E-state index in [0.717, 1.165) is 39.1 Å². The normalized spacial score (nSPS) is 11.4. The Hall–Kier alpha value is -5.54. The Balaban J connectivity index is 1.19. The van der Waals surface area contributed by atoms with Crippen molar-refractivity contribution < 1.29 is 0 Å². The van der Waals surface area contributed by atoms with Crippen LogP contribution in [0.25, 0.3) is 72.1 Å². The van der Waals surface area contributed by atoms with Gasteiger partial charge in [0.25, 0.3) is 0 Å². The van der Waals surface area contributed by atoms with Gasteiger partial charge in [0.2, 0.25) is 0 Å². The number of hydrogen-bond acceptors (Lipinski definition) is 2. The maximum Gasteiger partial charge on any atom is 0.137 e. The van der Waals surface area contributed by atoms with Crippen molar-refractivity contribution in [3.8, 4) is 44.8 Å². The molecule has 0 bridgehead atoms. The van der Waals surface area contributed by atoms with Crippen molar-refractivity contribution in [2.75, 3.05) is 0 Å². The Bertz CT molecular complexity index is 2140. The summed E-state index contributed by atoms with van der Waals surface area (Å²) < 4.78 is 2.05. The highest BCUT2D eigenvalue weighted by Gasteiger charge is 2.14. The Morgan fingerprint density at radius 2 is 1.10 bits per heavy atom. The van der Waals surface area contributed by atoms with Crippen LogP contribution in [0.4, 0.5) is 0 Å². The predicted octanol–water partition coefficient (Wildman–Crippen LogP) is 9.70. The van der Waals surface area contributed by atoms with Crippen molar-refractivity contribution in [3.63, 3.8) is 0 Å². The van der Waals surface area contributed by atoms with E-state index in [0.29, 0.717) is 0 Å². The van der Waals surface area contributed by atoms with Crippen LogP contribution in [0.5, 0.6) is 0 Å². The van der Waals surface area contributed by atoms with Crippen LogP contribution in [0.1, 0.15) is 0 Å². The van der Waals surface area contributed by atoms with Crippen LogP contribution in [0.15, 0.2) is 152 Å². The summed E-state index contributed by atoms with van der Waals surface area (Å²) >= 11 is 0. The molecule has 0 spiro atoms. The molecule has 0 radical (unpaired) electrons. The minimum atomic E-state index is 0.952. The summed E-state index contributed by atoms with van der Waals surface area (Å²) in [6.07, 6.45) is 4.10. The molecule has 0 unspecified atom stereocenters. The number of pyridine rings is 2. The maximum absolute atomic E-state index is 5.17. The molecule has 192 valence electrons. The molecule has 41 heavy (non-hydrogen) atoms. The first-order valence-electron chi connectivity index (χ1n) is 13.8. The van der Waals surface area contributed by atoms with Gasteiger partial charge in [0.1, 0.15) is 5.65 Å². The third-order valence-electron chi connectivity index (χ3n) is 7.85. The molecule has 3 aromatic heterocycles. The Kier molecular flexibility index (Phi) is 5.46. The van der Waals surface area contributed by atoms with Crippen LogP contribution < -0.4 is 0 Å². The molecule has 0 aliphatic rings. The molecule has 0 aliphatic carbocycles. The van der Waals surface area contributed by atoms with Gasteiger partial charge in [-0.1, -0.05) is 121 Å². The number of nitrogens with zero attached hydrogens (tertiary/aromatic N) is 3. The number of aromatic nitrogens is 3.